The number of rotatable bonds is 1. The van der Waals surface area contributed by atoms with Crippen LogP contribution in [0.2, 0.25) is 0 Å². The summed E-state index contributed by atoms with van der Waals surface area (Å²) < 4.78 is 36.4. The van der Waals surface area contributed by atoms with Crippen LogP contribution in [0.1, 0.15) is 16.4 Å². The molecule has 0 atom stereocenters. The van der Waals surface area contributed by atoms with E-state index in [9.17, 15) is 18.0 Å². The summed E-state index contributed by atoms with van der Waals surface area (Å²) in [5.41, 5.74) is 0. The molecule has 0 aromatic carbocycles. The Morgan fingerprint density at radius 3 is 2.33 bits per heavy atom. The van der Waals surface area contributed by atoms with E-state index in [1.54, 1.807) is 0 Å². The van der Waals surface area contributed by atoms with E-state index in [0.717, 1.165) is 7.05 Å². The summed E-state index contributed by atoms with van der Waals surface area (Å²) in [6.07, 6.45) is -4.40. The number of aryl methyl sites for hydroxylation is 1. The van der Waals surface area contributed by atoms with Crippen LogP contribution in [0.5, 0.6) is 0 Å². The number of aromatic nitrogens is 3. The van der Waals surface area contributed by atoms with Gasteiger partial charge in [-0.2, -0.15) is 13.2 Å². The molecule has 7 heteroatoms. The minimum absolute atomic E-state index is 0.162. The van der Waals surface area contributed by atoms with E-state index in [2.05, 4.69) is 10.1 Å². The molecule has 66 valence electrons. The molecular weight excluding hydrogens is 175 g/mol. The van der Waals surface area contributed by atoms with Gasteiger partial charge in [0.1, 0.15) is 0 Å². The second kappa shape index (κ2) is 2.58. The highest BCUT2D eigenvalue weighted by Crippen LogP contribution is 2.26. The molecule has 1 heterocycles. The molecule has 0 radical (unpaired) electrons. The van der Waals surface area contributed by atoms with Crippen molar-refractivity contribution in [3.8, 4) is 0 Å². The Morgan fingerprint density at radius 2 is 2.08 bits per heavy atom. The predicted octanol–water partition coefficient (Wildman–Crippen LogP) is 0.646. The molecule has 0 unspecified atom stereocenters. The van der Waals surface area contributed by atoms with E-state index in [1.807, 2.05) is 0 Å². The Balaban J connectivity index is 3.16. The molecule has 12 heavy (non-hydrogen) atoms. The number of nitrogens with zero attached hydrogens (tertiary/aromatic N) is 3. The van der Waals surface area contributed by atoms with Crippen LogP contribution in [0.3, 0.4) is 0 Å². The summed E-state index contributed by atoms with van der Waals surface area (Å²) in [5, 5.41) is 3.21. The fourth-order valence-corrected chi connectivity index (χ4v) is 0.701. The normalized spacial score (nSPS) is 11.7. The Kier molecular flexibility index (Phi) is 1.87. The quantitative estimate of drug-likeness (QED) is 0.594. The van der Waals surface area contributed by atoms with E-state index in [-0.39, 0.29) is 6.29 Å². The van der Waals surface area contributed by atoms with Gasteiger partial charge in [-0.25, -0.2) is 9.67 Å². The van der Waals surface area contributed by atoms with E-state index in [4.69, 9.17) is 0 Å². The molecule has 0 amide bonds. The number of hydrogen-bond acceptors (Lipinski definition) is 3. The van der Waals surface area contributed by atoms with Crippen LogP contribution in [0.4, 0.5) is 13.2 Å². The van der Waals surface area contributed by atoms with Gasteiger partial charge in [0, 0.05) is 7.05 Å². The smallest absolute Gasteiger partial charge is 0.294 e. The first-order valence-electron chi connectivity index (χ1n) is 2.88. The molecule has 1 aromatic heterocycles. The zero-order chi connectivity index (χ0) is 9.35. The highest BCUT2D eigenvalue weighted by atomic mass is 19.4. The summed E-state index contributed by atoms with van der Waals surface area (Å²) in [7, 11) is 1.07. The van der Waals surface area contributed by atoms with Crippen LogP contribution >= 0.6 is 0 Å². The van der Waals surface area contributed by atoms with E-state index < -0.39 is 17.8 Å². The van der Waals surface area contributed by atoms with Crippen molar-refractivity contribution < 1.29 is 18.0 Å². The topological polar surface area (TPSA) is 47.8 Å². The van der Waals surface area contributed by atoms with Crippen molar-refractivity contribution in [1.29, 1.82) is 0 Å². The first-order valence-corrected chi connectivity index (χ1v) is 2.88. The monoisotopic (exact) mass is 179 g/mol. The Morgan fingerprint density at radius 1 is 1.50 bits per heavy atom. The summed E-state index contributed by atoms with van der Waals surface area (Å²) in [4.78, 5) is 13.0. The lowest BCUT2D eigenvalue weighted by Crippen LogP contribution is -2.13. The summed E-state index contributed by atoms with van der Waals surface area (Å²) in [6.45, 7) is 0. The average Bonchev–Trinajstić information content (AvgIpc) is 2.29. The maximum atomic E-state index is 12.0. The van der Waals surface area contributed by atoms with Gasteiger partial charge in [0.15, 0.2) is 6.29 Å². The summed E-state index contributed by atoms with van der Waals surface area (Å²) in [6, 6.07) is 0. The number of hydrogen-bond donors (Lipinski definition) is 0. The Bertz CT molecular complexity index is 303. The van der Waals surface area contributed by atoms with Gasteiger partial charge < -0.3 is 0 Å². The third kappa shape index (κ3) is 1.44. The van der Waals surface area contributed by atoms with Gasteiger partial charge in [0.2, 0.25) is 11.6 Å². The standard InChI is InChI=1S/C5H4F3N3O/c1-11-4(5(6,7)8)9-3(2-12)10-11/h2H,1H3. The lowest BCUT2D eigenvalue weighted by molar-refractivity contribution is -0.147. The minimum Gasteiger partial charge on any atom is -0.294 e. The molecule has 1 rings (SSSR count). The molecule has 4 nitrogen and oxygen atoms in total. The van der Waals surface area contributed by atoms with Gasteiger partial charge in [-0.1, -0.05) is 0 Å². The molecule has 0 N–H and O–H groups in total. The molecule has 0 saturated heterocycles. The Labute approximate surface area is 65.0 Å². The highest BCUT2D eigenvalue weighted by Gasteiger charge is 2.36. The first kappa shape index (κ1) is 8.69. The second-order valence-corrected chi connectivity index (χ2v) is 2.03. The number of carbonyl (C=O) groups is 1. The lowest BCUT2D eigenvalue weighted by atomic mass is 10.6. The van der Waals surface area contributed by atoms with Crippen molar-refractivity contribution >= 4 is 6.29 Å². The van der Waals surface area contributed by atoms with Crippen molar-refractivity contribution in [2.45, 2.75) is 6.18 Å². The van der Waals surface area contributed by atoms with Crippen LogP contribution < -0.4 is 0 Å². The maximum Gasteiger partial charge on any atom is 0.451 e. The highest BCUT2D eigenvalue weighted by molar-refractivity contribution is 5.68. The van der Waals surface area contributed by atoms with Crippen molar-refractivity contribution in [2.24, 2.45) is 7.05 Å². The molecule has 0 aliphatic heterocycles. The van der Waals surface area contributed by atoms with Gasteiger partial charge in [-0.05, 0) is 0 Å². The molecule has 0 aliphatic carbocycles. The fraction of sp³-hybridized carbons (Fsp3) is 0.400. The zero-order valence-electron chi connectivity index (χ0n) is 5.96. The average molecular weight is 179 g/mol. The van der Waals surface area contributed by atoms with Crippen LogP contribution in [0, 0.1) is 0 Å². The fourth-order valence-electron chi connectivity index (χ4n) is 0.701. The third-order valence-corrected chi connectivity index (χ3v) is 1.14. The predicted molar refractivity (Wildman–Crippen MR) is 31.4 cm³/mol. The van der Waals surface area contributed by atoms with Gasteiger partial charge in [0.05, 0.1) is 0 Å². The second-order valence-electron chi connectivity index (χ2n) is 2.03. The van der Waals surface area contributed by atoms with Crippen LogP contribution in [-0.4, -0.2) is 21.1 Å². The van der Waals surface area contributed by atoms with Crippen molar-refractivity contribution in [3.05, 3.63) is 11.6 Å². The molecule has 0 aliphatic rings. The number of aldehydes is 1. The van der Waals surface area contributed by atoms with Crippen molar-refractivity contribution in [2.75, 3.05) is 0 Å². The molecule has 1 aromatic rings. The van der Waals surface area contributed by atoms with Crippen LogP contribution in [0.15, 0.2) is 0 Å². The number of carbonyl (C=O) groups excluding carboxylic acids is 1. The number of alkyl halides is 3. The number of halogens is 3. The zero-order valence-corrected chi connectivity index (χ0v) is 5.96. The van der Waals surface area contributed by atoms with Crippen molar-refractivity contribution in [3.63, 3.8) is 0 Å². The SMILES string of the molecule is Cn1nc(C=O)nc1C(F)(F)F. The first-order chi connectivity index (χ1) is 5.45. The van der Waals surface area contributed by atoms with Gasteiger partial charge in [-0.15, -0.1) is 5.10 Å². The maximum absolute atomic E-state index is 12.0. The molecule has 0 spiro atoms. The van der Waals surface area contributed by atoms with E-state index in [0.29, 0.717) is 4.68 Å². The molecule has 0 bridgehead atoms. The van der Waals surface area contributed by atoms with Crippen molar-refractivity contribution in [1.82, 2.24) is 14.8 Å². The van der Waals surface area contributed by atoms with E-state index in [1.165, 1.54) is 0 Å². The summed E-state index contributed by atoms with van der Waals surface area (Å²) >= 11 is 0. The van der Waals surface area contributed by atoms with Gasteiger partial charge >= 0.3 is 6.18 Å². The third-order valence-electron chi connectivity index (χ3n) is 1.14. The minimum atomic E-state index is -4.57. The van der Waals surface area contributed by atoms with Crippen LogP contribution in [0.25, 0.3) is 0 Å². The Hall–Kier alpha value is -1.40. The lowest BCUT2D eigenvalue weighted by Gasteiger charge is -2.02. The van der Waals surface area contributed by atoms with E-state index >= 15 is 0 Å². The van der Waals surface area contributed by atoms with Gasteiger partial charge in [0.25, 0.3) is 0 Å². The largest absolute Gasteiger partial charge is 0.451 e. The van der Waals surface area contributed by atoms with Crippen LogP contribution in [-0.2, 0) is 13.2 Å². The molecule has 0 saturated carbocycles. The molecule has 0 fully saturated rings. The molecular formula is C5H4F3N3O. The van der Waals surface area contributed by atoms with Gasteiger partial charge in [-0.3, -0.25) is 4.79 Å². The summed E-state index contributed by atoms with van der Waals surface area (Å²) in [5.74, 6) is -1.64.